The average Bonchev–Trinajstić information content (AvgIpc) is 3.26. The molecule has 0 aliphatic carbocycles. The van der Waals surface area contributed by atoms with E-state index in [1.54, 1.807) is 13.3 Å². The van der Waals surface area contributed by atoms with Crippen molar-refractivity contribution in [3.8, 4) is 22.8 Å². The summed E-state index contributed by atoms with van der Waals surface area (Å²) < 4.78 is 7.49. The van der Waals surface area contributed by atoms with Crippen molar-refractivity contribution < 1.29 is 9.53 Å². The number of hydrogen-bond acceptors (Lipinski definition) is 6. The van der Waals surface area contributed by atoms with Crippen molar-refractivity contribution in [1.82, 2.24) is 25.1 Å². The topological polar surface area (TPSA) is 81.9 Å². The zero-order valence-electron chi connectivity index (χ0n) is 17.9. The van der Waals surface area contributed by atoms with Crippen LogP contribution in [0.2, 0.25) is 0 Å². The van der Waals surface area contributed by atoms with Crippen LogP contribution in [0, 0.1) is 6.92 Å². The van der Waals surface area contributed by atoms with Gasteiger partial charge in [0.25, 0.3) is 0 Å². The van der Waals surface area contributed by atoms with Gasteiger partial charge in [-0.1, -0.05) is 47.7 Å². The molecule has 32 heavy (non-hydrogen) atoms. The Labute approximate surface area is 190 Å². The van der Waals surface area contributed by atoms with Crippen LogP contribution < -0.4 is 10.1 Å². The molecule has 2 heterocycles. The monoisotopic (exact) mass is 445 g/mol. The molecule has 4 aromatic rings. The third-order valence-corrected chi connectivity index (χ3v) is 5.73. The maximum atomic E-state index is 12.4. The number of nitrogens with zero attached hydrogens (tertiary/aromatic N) is 4. The molecule has 8 heteroatoms. The highest BCUT2D eigenvalue weighted by Crippen LogP contribution is 2.33. The Morgan fingerprint density at radius 1 is 1.03 bits per heavy atom. The van der Waals surface area contributed by atoms with Gasteiger partial charge in [-0.2, -0.15) is 0 Å². The Hall–Kier alpha value is -3.65. The number of rotatable bonds is 8. The van der Waals surface area contributed by atoms with Gasteiger partial charge in [0.1, 0.15) is 5.75 Å². The van der Waals surface area contributed by atoms with Gasteiger partial charge in [0.15, 0.2) is 11.0 Å². The van der Waals surface area contributed by atoms with E-state index in [9.17, 15) is 4.79 Å². The number of benzene rings is 2. The fourth-order valence-corrected chi connectivity index (χ4v) is 3.95. The Kier molecular flexibility index (Phi) is 6.81. The molecule has 4 rings (SSSR count). The maximum Gasteiger partial charge on any atom is 0.230 e. The van der Waals surface area contributed by atoms with Gasteiger partial charge < -0.3 is 10.1 Å². The van der Waals surface area contributed by atoms with E-state index < -0.39 is 0 Å². The molecule has 2 aromatic carbocycles. The summed E-state index contributed by atoms with van der Waals surface area (Å²) in [5.41, 5.74) is 3.71. The maximum absolute atomic E-state index is 12.4. The SMILES string of the molecule is COc1ccccc1-c1nnc(SCC(=O)NCc2ccccn2)n1-c1ccc(C)cc1. The van der Waals surface area contributed by atoms with Crippen LogP contribution in [0.25, 0.3) is 17.1 Å². The summed E-state index contributed by atoms with van der Waals surface area (Å²) in [4.78, 5) is 16.6. The highest BCUT2D eigenvalue weighted by molar-refractivity contribution is 7.99. The van der Waals surface area contributed by atoms with Gasteiger partial charge in [-0.3, -0.25) is 14.3 Å². The normalized spacial score (nSPS) is 10.7. The number of carbonyl (C=O) groups excluding carboxylic acids is 1. The summed E-state index contributed by atoms with van der Waals surface area (Å²) in [6.07, 6.45) is 1.71. The number of ether oxygens (including phenoxy) is 1. The first-order valence-electron chi connectivity index (χ1n) is 10.1. The van der Waals surface area contributed by atoms with Crippen molar-refractivity contribution in [3.05, 3.63) is 84.2 Å². The Balaban J connectivity index is 1.58. The van der Waals surface area contributed by atoms with Crippen LogP contribution in [0.5, 0.6) is 5.75 Å². The second-order valence-corrected chi connectivity index (χ2v) is 8.01. The lowest BCUT2D eigenvalue weighted by molar-refractivity contribution is -0.118. The van der Waals surface area contributed by atoms with E-state index in [0.717, 1.165) is 22.5 Å². The Morgan fingerprint density at radius 3 is 2.56 bits per heavy atom. The van der Waals surface area contributed by atoms with E-state index in [4.69, 9.17) is 4.74 Å². The average molecular weight is 446 g/mol. The zero-order chi connectivity index (χ0) is 22.3. The fraction of sp³-hybridized carbons (Fsp3) is 0.167. The lowest BCUT2D eigenvalue weighted by Crippen LogP contribution is -2.25. The summed E-state index contributed by atoms with van der Waals surface area (Å²) in [5, 5.41) is 12.3. The molecule has 2 aromatic heterocycles. The Bertz CT molecular complexity index is 1190. The highest BCUT2D eigenvalue weighted by Gasteiger charge is 2.19. The molecule has 1 amide bonds. The van der Waals surface area contributed by atoms with Crippen LogP contribution in [0.3, 0.4) is 0 Å². The first-order chi connectivity index (χ1) is 15.7. The van der Waals surface area contributed by atoms with Gasteiger partial charge in [0.05, 0.1) is 30.7 Å². The van der Waals surface area contributed by atoms with E-state index in [0.29, 0.717) is 23.3 Å². The number of nitrogens with one attached hydrogen (secondary N) is 1. The van der Waals surface area contributed by atoms with Gasteiger partial charge in [-0.05, 0) is 43.3 Å². The van der Waals surface area contributed by atoms with Gasteiger partial charge in [-0.25, -0.2) is 0 Å². The van der Waals surface area contributed by atoms with Crippen LogP contribution in [-0.4, -0.2) is 38.5 Å². The van der Waals surface area contributed by atoms with E-state index in [-0.39, 0.29) is 11.7 Å². The second kappa shape index (κ2) is 10.1. The molecule has 1 N–H and O–H groups in total. The number of aromatic nitrogens is 4. The number of methoxy groups -OCH3 is 1. The number of amides is 1. The minimum Gasteiger partial charge on any atom is -0.496 e. The van der Waals surface area contributed by atoms with Crippen LogP contribution >= 0.6 is 11.8 Å². The fourth-order valence-electron chi connectivity index (χ4n) is 3.17. The quantitative estimate of drug-likeness (QED) is 0.412. The van der Waals surface area contributed by atoms with E-state index in [1.807, 2.05) is 78.2 Å². The van der Waals surface area contributed by atoms with Gasteiger partial charge >= 0.3 is 0 Å². The van der Waals surface area contributed by atoms with Crippen LogP contribution in [0.4, 0.5) is 0 Å². The van der Waals surface area contributed by atoms with E-state index >= 15 is 0 Å². The first kappa shape index (κ1) is 21.6. The number of pyridine rings is 1. The molecule has 0 spiro atoms. The number of carbonyl (C=O) groups is 1. The summed E-state index contributed by atoms with van der Waals surface area (Å²) in [6, 6.07) is 21.4. The summed E-state index contributed by atoms with van der Waals surface area (Å²) in [7, 11) is 1.63. The number of thioether (sulfide) groups is 1. The molecule has 7 nitrogen and oxygen atoms in total. The molecule has 0 radical (unpaired) electrons. The van der Waals surface area contributed by atoms with Crippen LogP contribution in [0.1, 0.15) is 11.3 Å². The standard InChI is InChI=1S/C24H23N5O2S/c1-17-10-12-19(13-11-17)29-23(20-8-3-4-9-21(20)31-2)27-28-24(29)32-16-22(30)26-15-18-7-5-6-14-25-18/h3-14H,15-16H2,1-2H3,(H,26,30). The van der Waals surface area contributed by atoms with E-state index in [2.05, 4.69) is 20.5 Å². The smallest absolute Gasteiger partial charge is 0.230 e. The first-order valence-corrected chi connectivity index (χ1v) is 11.1. The summed E-state index contributed by atoms with van der Waals surface area (Å²) in [5.74, 6) is 1.47. The minimum absolute atomic E-state index is 0.0991. The molecule has 0 bridgehead atoms. The van der Waals surface area contributed by atoms with Crippen molar-refractivity contribution >= 4 is 17.7 Å². The number of aryl methyl sites for hydroxylation is 1. The van der Waals surface area contributed by atoms with Crippen molar-refractivity contribution in [2.24, 2.45) is 0 Å². The minimum atomic E-state index is -0.0991. The van der Waals surface area contributed by atoms with Crippen molar-refractivity contribution in [2.75, 3.05) is 12.9 Å². The van der Waals surface area contributed by atoms with Crippen molar-refractivity contribution in [2.45, 2.75) is 18.6 Å². The predicted octanol–water partition coefficient (Wildman–Crippen LogP) is 4.05. The molecule has 0 fully saturated rings. The van der Waals surface area contributed by atoms with Crippen molar-refractivity contribution in [1.29, 1.82) is 0 Å². The number of hydrogen-bond donors (Lipinski definition) is 1. The van der Waals surface area contributed by atoms with Gasteiger partial charge in [0.2, 0.25) is 5.91 Å². The van der Waals surface area contributed by atoms with Gasteiger partial charge in [0, 0.05) is 11.9 Å². The summed E-state index contributed by atoms with van der Waals surface area (Å²) >= 11 is 1.33. The molecule has 0 saturated heterocycles. The van der Waals surface area contributed by atoms with E-state index in [1.165, 1.54) is 11.8 Å². The molecule has 0 saturated carbocycles. The lowest BCUT2D eigenvalue weighted by Gasteiger charge is -2.12. The summed E-state index contributed by atoms with van der Waals surface area (Å²) in [6.45, 7) is 2.43. The molecular formula is C24H23N5O2S. The zero-order valence-corrected chi connectivity index (χ0v) is 18.7. The third kappa shape index (κ3) is 4.97. The second-order valence-electron chi connectivity index (χ2n) is 7.06. The Morgan fingerprint density at radius 2 is 1.81 bits per heavy atom. The van der Waals surface area contributed by atoms with Gasteiger partial charge in [-0.15, -0.1) is 10.2 Å². The highest BCUT2D eigenvalue weighted by atomic mass is 32.2. The third-order valence-electron chi connectivity index (χ3n) is 4.80. The molecule has 0 atom stereocenters. The lowest BCUT2D eigenvalue weighted by atomic mass is 10.1. The molecule has 0 aliphatic rings. The van der Waals surface area contributed by atoms with Crippen LogP contribution in [0.15, 0.2) is 78.1 Å². The number of para-hydroxylation sites is 1. The predicted molar refractivity (Wildman–Crippen MR) is 125 cm³/mol. The molecular weight excluding hydrogens is 422 g/mol. The molecule has 0 aliphatic heterocycles. The van der Waals surface area contributed by atoms with Crippen molar-refractivity contribution in [3.63, 3.8) is 0 Å². The molecule has 162 valence electrons. The largest absolute Gasteiger partial charge is 0.496 e. The van der Waals surface area contributed by atoms with Crippen LogP contribution in [-0.2, 0) is 11.3 Å². The molecule has 0 unspecified atom stereocenters.